The number of ether oxygens (including phenoxy) is 2. The number of carboxylic acid groups (broad SMARTS) is 1. The summed E-state index contributed by atoms with van der Waals surface area (Å²) in [4.78, 5) is 10.6. The Hall–Kier alpha value is -1.07. The minimum Gasteiger partial charge on any atom is -0.496 e. The molecule has 0 bridgehead atoms. The molecule has 0 fully saturated rings. The number of benzene rings is 1. The van der Waals surface area contributed by atoms with Gasteiger partial charge in [0.25, 0.3) is 0 Å². The van der Waals surface area contributed by atoms with Crippen molar-refractivity contribution in [1.29, 1.82) is 0 Å². The number of hydrogen-bond acceptors (Lipinski definition) is 3. The van der Waals surface area contributed by atoms with Gasteiger partial charge in [0.05, 0.1) is 18.2 Å². The fourth-order valence-corrected chi connectivity index (χ4v) is 2.11. The lowest BCUT2D eigenvalue weighted by atomic mass is 10.0. The molecule has 0 amide bonds. The van der Waals surface area contributed by atoms with Crippen LogP contribution in [0.3, 0.4) is 0 Å². The second-order valence-corrected chi connectivity index (χ2v) is 4.44. The first kappa shape index (κ1) is 14.0. The molecule has 0 heterocycles. The molecule has 17 heavy (non-hydrogen) atoms. The van der Waals surface area contributed by atoms with Gasteiger partial charge < -0.3 is 14.6 Å². The van der Waals surface area contributed by atoms with Gasteiger partial charge in [-0.15, -0.1) is 0 Å². The van der Waals surface area contributed by atoms with Crippen LogP contribution in [-0.2, 0) is 22.6 Å². The van der Waals surface area contributed by atoms with Gasteiger partial charge in [0.15, 0.2) is 0 Å². The van der Waals surface area contributed by atoms with E-state index in [0.29, 0.717) is 13.0 Å². The summed E-state index contributed by atoms with van der Waals surface area (Å²) in [6.07, 6.45) is 0.589. The number of methoxy groups -OCH3 is 2. The zero-order chi connectivity index (χ0) is 12.8. The summed E-state index contributed by atoms with van der Waals surface area (Å²) in [7, 11) is 3.20. The molecule has 0 spiro atoms. The minimum absolute atomic E-state index is 0.107. The molecule has 0 unspecified atom stereocenters. The standard InChI is InChI=1S/C12H15BrO4/c1-16-7-9-6-11(17-2)10(13)5-8(9)3-4-12(14)15/h5-6H,3-4,7H2,1-2H3,(H,14,15). The van der Waals surface area contributed by atoms with E-state index in [1.807, 2.05) is 12.1 Å². The van der Waals surface area contributed by atoms with Gasteiger partial charge in [-0.3, -0.25) is 4.79 Å². The van der Waals surface area contributed by atoms with Crippen LogP contribution in [0.4, 0.5) is 0 Å². The second-order valence-electron chi connectivity index (χ2n) is 3.58. The third-order valence-electron chi connectivity index (χ3n) is 2.38. The van der Waals surface area contributed by atoms with E-state index in [4.69, 9.17) is 14.6 Å². The van der Waals surface area contributed by atoms with E-state index in [1.54, 1.807) is 14.2 Å². The fraction of sp³-hybridized carbons (Fsp3) is 0.417. The van der Waals surface area contributed by atoms with Crippen LogP contribution < -0.4 is 4.74 Å². The van der Waals surface area contributed by atoms with Crippen molar-refractivity contribution in [2.24, 2.45) is 0 Å². The van der Waals surface area contributed by atoms with Crippen molar-refractivity contribution in [3.8, 4) is 5.75 Å². The molecule has 5 heteroatoms. The van der Waals surface area contributed by atoms with E-state index in [-0.39, 0.29) is 6.42 Å². The molecule has 1 N–H and O–H groups in total. The Morgan fingerprint density at radius 2 is 2.06 bits per heavy atom. The SMILES string of the molecule is COCc1cc(OC)c(Br)cc1CCC(=O)O. The topological polar surface area (TPSA) is 55.8 Å². The molecule has 0 aliphatic rings. The van der Waals surface area contributed by atoms with Crippen molar-refractivity contribution < 1.29 is 19.4 Å². The number of rotatable bonds is 6. The van der Waals surface area contributed by atoms with Gasteiger partial charge in [-0.1, -0.05) is 0 Å². The van der Waals surface area contributed by atoms with E-state index in [0.717, 1.165) is 21.3 Å². The van der Waals surface area contributed by atoms with Gasteiger partial charge in [-0.05, 0) is 45.6 Å². The highest BCUT2D eigenvalue weighted by Crippen LogP contribution is 2.29. The second kappa shape index (κ2) is 6.61. The number of aliphatic carboxylic acids is 1. The van der Waals surface area contributed by atoms with Crippen LogP contribution in [0, 0.1) is 0 Å². The summed E-state index contributed by atoms with van der Waals surface area (Å²) in [5.74, 6) is -0.0866. The summed E-state index contributed by atoms with van der Waals surface area (Å²) in [6, 6.07) is 3.75. The maximum atomic E-state index is 10.6. The average Bonchev–Trinajstić information content (AvgIpc) is 2.29. The summed E-state index contributed by atoms with van der Waals surface area (Å²) >= 11 is 3.39. The van der Waals surface area contributed by atoms with Crippen LogP contribution in [0.1, 0.15) is 17.5 Å². The van der Waals surface area contributed by atoms with Crippen molar-refractivity contribution in [3.63, 3.8) is 0 Å². The molecular formula is C12H15BrO4. The van der Waals surface area contributed by atoms with Crippen LogP contribution in [0.25, 0.3) is 0 Å². The van der Waals surface area contributed by atoms with E-state index in [2.05, 4.69) is 15.9 Å². The molecule has 0 aromatic heterocycles. The van der Waals surface area contributed by atoms with E-state index >= 15 is 0 Å². The van der Waals surface area contributed by atoms with Gasteiger partial charge in [-0.25, -0.2) is 0 Å². The predicted molar refractivity (Wildman–Crippen MR) is 67.4 cm³/mol. The summed E-state index contributed by atoms with van der Waals surface area (Å²) < 4.78 is 11.1. The minimum atomic E-state index is -0.805. The van der Waals surface area contributed by atoms with Gasteiger partial charge in [0.2, 0.25) is 0 Å². The zero-order valence-electron chi connectivity index (χ0n) is 9.83. The lowest BCUT2D eigenvalue weighted by molar-refractivity contribution is -0.136. The van der Waals surface area contributed by atoms with E-state index in [1.165, 1.54) is 0 Å². The fourth-order valence-electron chi connectivity index (χ4n) is 1.56. The van der Waals surface area contributed by atoms with Gasteiger partial charge in [0, 0.05) is 13.5 Å². The molecule has 1 aromatic rings. The highest BCUT2D eigenvalue weighted by atomic mass is 79.9. The van der Waals surface area contributed by atoms with Crippen LogP contribution in [0.15, 0.2) is 16.6 Å². The first-order valence-electron chi connectivity index (χ1n) is 5.14. The van der Waals surface area contributed by atoms with Crippen molar-refractivity contribution in [2.75, 3.05) is 14.2 Å². The Labute approximate surface area is 109 Å². The lowest BCUT2D eigenvalue weighted by Crippen LogP contribution is -2.02. The normalized spacial score (nSPS) is 10.3. The highest BCUT2D eigenvalue weighted by Gasteiger charge is 2.10. The number of aryl methyl sites for hydroxylation is 1. The van der Waals surface area contributed by atoms with E-state index < -0.39 is 5.97 Å². The largest absolute Gasteiger partial charge is 0.496 e. The molecule has 0 saturated carbocycles. The molecule has 0 aliphatic carbocycles. The number of carbonyl (C=O) groups is 1. The van der Waals surface area contributed by atoms with Crippen LogP contribution in [0.5, 0.6) is 5.75 Å². The monoisotopic (exact) mass is 302 g/mol. The highest BCUT2D eigenvalue weighted by molar-refractivity contribution is 9.10. The molecule has 1 aromatic carbocycles. The summed E-state index contributed by atoms with van der Waals surface area (Å²) in [5.41, 5.74) is 1.91. The molecule has 0 atom stereocenters. The van der Waals surface area contributed by atoms with Crippen molar-refractivity contribution in [3.05, 3.63) is 27.7 Å². The Morgan fingerprint density at radius 1 is 1.35 bits per heavy atom. The number of carboxylic acids is 1. The summed E-state index contributed by atoms with van der Waals surface area (Å²) in [5, 5.41) is 8.70. The maximum absolute atomic E-state index is 10.6. The van der Waals surface area contributed by atoms with Crippen molar-refractivity contribution in [2.45, 2.75) is 19.4 Å². The third kappa shape index (κ3) is 4.02. The number of halogens is 1. The molecule has 1 rings (SSSR count). The Balaban J connectivity index is 2.99. The number of hydrogen-bond donors (Lipinski definition) is 1. The Morgan fingerprint density at radius 3 is 2.59 bits per heavy atom. The Bertz CT molecular complexity index is 404. The van der Waals surface area contributed by atoms with Gasteiger partial charge >= 0.3 is 5.97 Å². The first-order chi connectivity index (χ1) is 8.08. The molecule has 94 valence electrons. The quantitative estimate of drug-likeness (QED) is 0.877. The van der Waals surface area contributed by atoms with Crippen LogP contribution in [-0.4, -0.2) is 25.3 Å². The molecule has 4 nitrogen and oxygen atoms in total. The van der Waals surface area contributed by atoms with Gasteiger partial charge in [-0.2, -0.15) is 0 Å². The molecule has 0 aliphatic heterocycles. The zero-order valence-corrected chi connectivity index (χ0v) is 11.4. The Kier molecular flexibility index (Phi) is 5.44. The lowest BCUT2D eigenvalue weighted by Gasteiger charge is -2.12. The average molecular weight is 303 g/mol. The van der Waals surface area contributed by atoms with Crippen LogP contribution >= 0.6 is 15.9 Å². The van der Waals surface area contributed by atoms with E-state index in [9.17, 15) is 4.79 Å². The first-order valence-corrected chi connectivity index (χ1v) is 5.93. The molecular weight excluding hydrogens is 288 g/mol. The van der Waals surface area contributed by atoms with Gasteiger partial charge in [0.1, 0.15) is 5.75 Å². The van der Waals surface area contributed by atoms with Crippen molar-refractivity contribution in [1.82, 2.24) is 0 Å². The summed E-state index contributed by atoms with van der Waals surface area (Å²) in [6.45, 7) is 0.443. The molecule has 0 saturated heterocycles. The predicted octanol–water partition coefficient (Wildman–Crippen LogP) is 2.62. The smallest absolute Gasteiger partial charge is 0.303 e. The van der Waals surface area contributed by atoms with Crippen LogP contribution in [0.2, 0.25) is 0 Å². The van der Waals surface area contributed by atoms with Crippen molar-refractivity contribution >= 4 is 21.9 Å². The third-order valence-corrected chi connectivity index (χ3v) is 3.00. The molecule has 0 radical (unpaired) electrons. The maximum Gasteiger partial charge on any atom is 0.303 e.